The van der Waals surface area contributed by atoms with Crippen molar-refractivity contribution in [2.24, 2.45) is 0 Å². The van der Waals surface area contributed by atoms with Gasteiger partial charge in [-0.25, -0.2) is 0 Å². The van der Waals surface area contributed by atoms with Gasteiger partial charge in [0.15, 0.2) is 0 Å². The summed E-state index contributed by atoms with van der Waals surface area (Å²) in [5, 5.41) is 17.5. The number of carboxylic acid groups (broad SMARTS) is 1. The number of aliphatic hydroxyl groups excluding tert-OH is 1. The van der Waals surface area contributed by atoms with Crippen LogP contribution < -0.4 is 59.1 Å². The van der Waals surface area contributed by atoms with Gasteiger partial charge >= 0.3 is 65.1 Å². The fraction of sp³-hybridized carbons (Fsp3) is 0.857. The van der Waals surface area contributed by atoms with Crippen LogP contribution in [0.4, 0.5) is 0 Å². The van der Waals surface area contributed by atoms with E-state index in [4.69, 9.17) is 10.2 Å². The maximum atomic E-state index is 10.1. The first-order valence-electron chi connectivity index (χ1n) is 3.51. The number of carboxylic acids is 1. The van der Waals surface area contributed by atoms with Gasteiger partial charge in [0, 0.05) is 0 Å². The van der Waals surface area contributed by atoms with E-state index >= 15 is 0 Å². The standard InChI is InChI=1S/C7H15NO3.2Na.2H/c1-8(2,3)5-6(9)4-7(10)11;;;;/h6,9H,4-5H2,1-3H3;;;;/q;2*+1;2*-1/p+1/t6-;;;;/m1..../s1. The molecule has 4 nitrogen and oxygen atoms in total. The van der Waals surface area contributed by atoms with Gasteiger partial charge in [-0.05, 0) is 0 Å². The van der Waals surface area contributed by atoms with E-state index in [-0.39, 0.29) is 68.4 Å². The summed E-state index contributed by atoms with van der Waals surface area (Å²) in [6.07, 6.45) is -0.914. The maximum absolute atomic E-state index is 10.1. The summed E-state index contributed by atoms with van der Waals surface area (Å²) in [5.74, 6) is -0.953. The molecule has 0 unspecified atom stereocenters. The van der Waals surface area contributed by atoms with Crippen molar-refractivity contribution in [2.75, 3.05) is 27.7 Å². The Hall–Kier alpha value is 1.39. The zero-order valence-corrected chi connectivity index (χ0v) is 13.2. The number of hydrogen-bond acceptors (Lipinski definition) is 2. The largest absolute Gasteiger partial charge is 1.00 e. The smallest absolute Gasteiger partial charge is 1.00 e. The zero-order chi connectivity index (χ0) is 9.07. The number of carbonyl (C=O) groups is 1. The van der Waals surface area contributed by atoms with E-state index in [2.05, 4.69) is 0 Å². The minimum absolute atomic E-state index is 0. The maximum Gasteiger partial charge on any atom is 1.00 e. The van der Waals surface area contributed by atoms with Crippen molar-refractivity contribution in [1.82, 2.24) is 0 Å². The zero-order valence-electron chi connectivity index (χ0n) is 11.2. The first-order chi connectivity index (χ1) is 4.81. The first-order valence-corrected chi connectivity index (χ1v) is 3.51. The molecule has 0 saturated carbocycles. The fourth-order valence-electron chi connectivity index (χ4n) is 0.898. The Morgan fingerprint density at radius 3 is 2.00 bits per heavy atom. The molecule has 0 aliphatic carbocycles. The average molecular weight is 210 g/mol. The molecule has 0 aromatic heterocycles. The third kappa shape index (κ3) is 16.1. The monoisotopic (exact) mass is 210 g/mol. The van der Waals surface area contributed by atoms with Crippen LogP contribution in [0.5, 0.6) is 0 Å². The molecule has 0 spiro atoms. The van der Waals surface area contributed by atoms with Crippen LogP contribution in [0.25, 0.3) is 0 Å². The number of hydrogen-bond donors (Lipinski definition) is 2. The van der Waals surface area contributed by atoms with Crippen molar-refractivity contribution >= 4 is 5.97 Å². The molecular formula is C7H18NNa2O3+. The van der Waals surface area contributed by atoms with Crippen LogP contribution in [0.3, 0.4) is 0 Å². The van der Waals surface area contributed by atoms with Crippen LogP contribution in [-0.4, -0.2) is 54.5 Å². The second-order valence-corrected chi connectivity index (χ2v) is 3.72. The molecule has 2 N–H and O–H groups in total. The van der Waals surface area contributed by atoms with Crippen molar-refractivity contribution in [1.29, 1.82) is 0 Å². The number of rotatable bonds is 4. The Morgan fingerprint density at radius 1 is 1.38 bits per heavy atom. The SMILES string of the molecule is C[N+](C)(C)C[C@H](O)CC(=O)O.[H-].[H-].[Na+].[Na+]. The number of aliphatic carboxylic acids is 1. The minimum atomic E-state index is -0.953. The normalized spacial score (nSPS) is 12.3. The Labute approximate surface area is 126 Å². The summed E-state index contributed by atoms with van der Waals surface area (Å²) in [4.78, 5) is 10.1. The minimum Gasteiger partial charge on any atom is -1.00 e. The second-order valence-electron chi connectivity index (χ2n) is 3.72. The van der Waals surface area contributed by atoms with Crippen LogP contribution in [0.15, 0.2) is 0 Å². The molecule has 1 atom stereocenters. The van der Waals surface area contributed by atoms with Gasteiger partial charge in [0.1, 0.15) is 12.6 Å². The van der Waals surface area contributed by atoms with E-state index in [0.29, 0.717) is 11.0 Å². The summed E-state index contributed by atoms with van der Waals surface area (Å²) in [7, 11) is 5.72. The van der Waals surface area contributed by atoms with Crippen molar-refractivity contribution in [2.45, 2.75) is 12.5 Å². The van der Waals surface area contributed by atoms with E-state index < -0.39 is 12.1 Å². The molecule has 0 rings (SSSR count). The van der Waals surface area contributed by atoms with Crippen LogP contribution in [0, 0.1) is 0 Å². The van der Waals surface area contributed by atoms with Crippen molar-refractivity contribution in [3.8, 4) is 0 Å². The summed E-state index contributed by atoms with van der Waals surface area (Å²) < 4.78 is 0.578. The number of aliphatic hydroxyl groups is 1. The van der Waals surface area contributed by atoms with E-state index in [1.165, 1.54) is 0 Å². The van der Waals surface area contributed by atoms with Gasteiger partial charge in [-0.3, -0.25) is 4.79 Å². The Kier molecular flexibility index (Phi) is 13.3. The van der Waals surface area contributed by atoms with Gasteiger partial charge in [0.2, 0.25) is 0 Å². The van der Waals surface area contributed by atoms with Gasteiger partial charge < -0.3 is 17.5 Å². The topological polar surface area (TPSA) is 57.5 Å². The van der Waals surface area contributed by atoms with Crippen LogP contribution in [0.2, 0.25) is 0 Å². The predicted octanol–water partition coefficient (Wildman–Crippen LogP) is -6.24. The van der Waals surface area contributed by atoms with Gasteiger partial charge in [-0.2, -0.15) is 0 Å². The van der Waals surface area contributed by atoms with Crippen LogP contribution >= 0.6 is 0 Å². The van der Waals surface area contributed by atoms with E-state index in [1.807, 2.05) is 21.1 Å². The molecule has 6 heteroatoms. The molecule has 0 fully saturated rings. The predicted molar refractivity (Wildman–Crippen MR) is 43.4 cm³/mol. The molecule has 0 aliphatic heterocycles. The average Bonchev–Trinajstić information content (AvgIpc) is 1.53. The number of nitrogens with zero attached hydrogens (tertiary/aromatic N) is 1. The van der Waals surface area contributed by atoms with Crippen molar-refractivity contribution in [3.63, 3.8) is 0 Å². The number of quaternary nitrogens is 1. The van der Waals surface area contributed by atoms with E-state index in [0.717, 1.165) is 0 Å². The van der Waals surface area contributed by atoms with E-state index in [9.17, 15) is 4.79 Å². The van der Waals surface area contributed by atoms with Crippen molar-refractivity contribution in [3.05, 3.63) is 0 Å². The fourth-order valence-corrected chi connectivity index (χ4v) is 0.898. The van der Waals surface area contributed by atoms with Crippen LogP contribution in [0.1, 0.15) is 9.27 Å². The first kappa shape index (κ1) is 19.9. The number of likely N-dealkylation sites (N-methyl/N-ethyl adjacent to an activating group) is 1. The van der Waals surface area contributed by atoms with Gasteiger partial charge in [0.05, 0.1) is 27.6 Å². The van der Waals surface area contributed by atoms with Crippen LogP contribution in [-0.2, 0) is 4.79 Å². The molecule has 0 bridgehead atoms. The third-order valence-corrected chi connectivity index (χ3v) is 1.17. The van der Waals surface area contributed by atoms with E-state index in [1.54, 1.807) is 0 Å². The Bertz CT molecular complexity index is 156. The molecule has 0 saturated heterocycles. The molecule has 13 heavy (non-hydrogen) atoms. The van der Waals surface area contributed by atoms with Gasteiger partial charge in [-0.15, -0.1) is 0 Å². The van der Waals surface area contributed by atoms with Gasteiger partial charge in [-0.1, -0.05) is 0 Å². The molecule has 0 radical (unpaired) electrons. The molecule has 70 valence electrons. The molecule has 0 aromatic carbocycles. The molecule has 0 amide bonds. The Morgan fingerprint density at radius 2 is 1.77 bits per heavy atom. The summed E-state index contributed by atoms with van der Waals surface area (Å²) >= 11 is 0. The summed E-state index contributed by atoms with van der Waals surface area (Å²) in [6.45, 7) is 0.465. The van der Waals surface area contributed by atoms with Crippen molar-refractivity contribution < 1.29 is 81.5 Å². The Balaban J connectivity index is -0.0000000833. The quantitative estimate of drug-likeness (QED) is 0.358. The summed E-state index contributed by atoms with van der Waals surface area (Å²) in [6, 6.07) is 0. The summed E-state index contributed by atoms with van der Waals surface area (Å²) in [5.41, 5.74) is 0. The molecule has 0 heterocycles. The second kappa shape index (κ2) is 8.68. The van der Waals surface area contributed by atoms with Gasteiger partial charge in [0.25, 0.3) is 0 Å². The molecular weight excluding hydrogens is 192 g/mol. The third-order valence-electron chi connectivity index (χ3n) is 1.17. The molecule has 0 aliphatic rings. The molecule has 0 aromatic rings.